The minimum atomic E-state index is -0.0252. The van der Waals surface area contributed by atoms with Crippen LogP contribution in [0.15, 0.2) is 0 Å². The topological polar surface area (TPSA) is 29.1 Å². The van der Waals surface area contributed by atoms with Crippen LogP contribution in [0.4, 0.5) is 0 Å². The van der Waals surface area contributed by atoms with Crippen molar-refractivity contribution in [2.24, 2.45) is 0 Å². The maximum Gasteiger partial charge on any atom is 0.230 e. The maximum atomic E-state index is 10.7. The van der Waals surface area contributed by atoms with Gasteiger partial charge in [-0.2, -0.15) is 0 Å². The lowest BCUT2D eigenvalue weighted by atomic mass is 10.2. The van der Waals surface area contributed by atoms with E-state index in [1.54, 1.807) is 0 Å². The van der Waals surface area contributed by atoms with Crippen LogP contribution in [0.1, 0.15) is 13.3 Å². The van der Waals surface area contributed by atoms with Crippen LogP contribution in [0.3, 0.4) is 0 Å². The van der Waals surface area contributed by atoms with E-state index in [0.29, 0.717) is 11.8 Å². The lowest BCUT2D eigenvalue weighted by molar-refractivity contribution is -0.119. The highest BCUT2D eigenvalue weighted by atomic mass is 79.9. The van der Waals surface area contributed by atoms with Crippen molar-refractivity contribution in [1.82, 2.24) is 5.32 Å². The molecule has 0 radical (unpaired) electrons. The number of hydrogen-bond acceptors (Lipinski definition) is 1. The Morgan fingerprint density at radius 3 is 2.90 bits per heavy atom. The molecule has 0 rings (SSSR count). The Labute approximate surface area is 69.5 Å². The molecule has 0 spiro atoms. The molecule has 0 aromatic carbocycles. The highest BCUT2D eigenvalue weighted by Gasteiger charge is 2.02. The van der Waals surface area contributed by atoms with Gasteiger partial charge in [0.1, 0.15) is 0 Å². The average molecular weight is 204 g/mol. The third-order valence-electron chi connectivity index (χ3n) is 0.953. The summed E-state index contributed by atoms with van der Waals surface area (Å²) in [5, 5.41) is 3.04. The first-order valence-corrected chi connectivity index (χ1v) is 4.11. The molecular weight excluding hydrogens is 194 g/mol. The van der Waals surface area contributed by atoms with Crippen LogP contribution in [0.2, 0.25) is 0 Å². The summed E-state index contributed by atoms with van der Waals surface area (Å²) in [4.78, 5) is 10.7. The number of alkyl halides is 1. The summed E-state index contributed by atoms with van der Waals surface area (Å²) in [6.07, 6.45) is 5.62. The van der Waals surface area contributed by atoms with E-state index in [0.717, 1.165) is 0 Å². The van der Waals surface area contributed by atoms with Gasteiger partial charge in [0.25, 0.3) is 0 Å². The summed E-state index contributed by atoms with van der Waals surface area (Å²) in [7, 11) is 0. The third kappa shape index (κ3) is 4.39. The molecule has 56 valence electrons. The fraction of sp³-hybridized carbons (Fsp3) is 0.571. The Morgan fingerprint density at radius 1 is 1.90 bits per heavy atom. The summed E-state index contributed by atoms with van der Waals surface area (Å²) in [6, 6.07) is 0.0787. The van der Waals surface area contributed by atoms with E-state index in [4.69, 9.17) is 6.42 Å². The summed E-state index contributed by atoms with van der Waals surface area (Å²) >= 11 is 3.03. The van der Waals surface area contributed by atoms with Crippen molar-refractivity contribution in [3.8, 4) is 12.3 Å². The van der Waals surface area contributed by atoms with Gasteiger partial charge in [-0.15, -0.1) is 12.3 Å². The molecule has 2 nitrogen and oxygen atoms in total. The molecule has 0 bridgehead atoms. The lowest BCUT2D eigenvalue weighted by Crippen LogP contribution is -2.32. The van der Waals surface area contributed by atoms with Crippen LogP contribution in [0.25, 0.3) is 0 Å². The average Bonchev–Trinajstić information content (AvgIpc) is 1.88. The predicted octanol–water partition coefficient (Wildman–Crippen LogP) is 0.909. The SMILES string of the molecule is C#CCC(C)NC(=O)CBr. The van der Waals surface area contributed by atoms with Gasteiger partial charge >= 0.3 is 0 Å². The zero-order valence-electron chi connectivity index (χ0n) is 5.86. The molecule has 0 aliphatic heterocycles. The second-order valence-electron chi connectivity index (χ2n) is 2.01. The van der Waals surface area contributed by atoms with Crippen LogP contribution in [0.5, 0.6) is 0 Å². The van der Waals surface area contributed by atoms with Gasteiger partial charge in [0.05, 0.1) is 5.33 Å². The first-order valence-electron chi connectivity index (χ1n) is 2.99. The summed E-state index contributed by atoms with van der Waals surface area (Å²) in [6.45, 7) is 1.88. The molecule has 1 N–H and O–H groups in total. The normalized spacial score (nSPS) is 11.7. The van der Waals surface area contributed by atoms with Crippen LogP contribution < -0.4 is 5.32 Å². The van der Waals surface area contributed by atoms with E-state index >= 15 is 0 Å². The number of halogens is 1. The van der Waals surface area contributed by atoms with Gasteiger partial charge in [0.2, 0.25) is 5.91 Å². The molecule has 0 aliphatic carbocycles. The van der Waals surface area contributed by atoms with Crippen LogP contribution in [-0.2, 0) is 4.79 Å². The number of rotatable bonds is 3. The van der Waals surface area contributed by atoms with E-state index in [2.05, 4.69) is 27.2 Å². The lowest BCUT2D eigenvalue weighted by Gasteiger charge is -2.08. The summed E-state index contributed by atoms with van der Waals surface area (Å²) < 4.78 is 0. The fourth-order valence-corrected chi connectivity index (χ4v) is 0.703. The highest BCUT2D eigenvalue weighted by Crippen LogP contribution is 1.88. The van der Waals surface area contributed by atoms with E-state index in [9.17, 15) is 4.79 Å². The van der Waals surface area contributed by atoms with E-state index in [1.165, 1.54) is 0 Å². The van der Waals surface area contributed by atoms with Crippen molar-refractivity contribution >= 4 is 21.8 Å². The first-order chi connectivity index (χ1) is 4.70. The highest BCUT2D eigenvalue weighted by molar-refractivity contribution is 9.09. The quantitative estimate of drug-likeness (QED) is 0.537. The zero-order valence-corrected chi connectivity index (χ0v) is 7.44. The van der Waals surface area contributed by atoms with Crippen molar-refractivity contribution in [2.75, 3.05) is 5.33 Å². The molecule has 0 heterocycles. The third-order valence-corrected chi connectivity index (χ3v) is 1.46. The van der Waals surface area contributed by atoms with E-state index < -0.39 is 0 Å². The second kappa shape index (κ2) is 5.31. The zero-order chi connectivity index (χ0) is 7.98. The Bertz CT molecular complexity index is 150. The minimum absolute atomic E-state index is 0.0252. The molecule has 0 aromatic rings. The van der Waals surface area contributed by atoms with E-state index in [1.807, 2.05) is 6.92 Å². The smallest absolute Gasteiger partial charge is 0.230 e. The van der Waals surface area contributed by atoms with Gasteiger partial charge in [0, 0.05) is 12.5 Å². The van der Waals surface area contributed by atoms with Crippen LogP contribution in [0, 0.1) is 12.3 Å². The number of carbonyl (C=O) groups is 1. The van der Waals surface area contributed by atoms with Gasteiger partial charge in [-0.3, -0.25) is 4.79 Å². The summed E-state index contributed by atoms with van der Waals surface area (Å²) in [5.41, 5.74) is 0. The Hall–Kier alpha value is -0.490. The number of nitrogens with one attached hydrogen (secondary N) is 1. The molecule has 1 atom stereocenters. The van der Waals surface area contributed by atoms with Crippen molar-refractivity contribution in [1.29, 1.82) is 0 Å². The maximum absolute atomic E-state index is 10.7. The van der Waals surface area contributed by atoms with Crippen LogP contribution >= 0.6 is 15.9 Å². The summed E-state index contributed by atoms with van der Waals surface area (Å²) in [5.74, 6) is 2.44. The molecule has 0 aromatic heterocycles. The number of hydrogen-bond donors (Lipinski definition) is 1. The molecule has 10 heavy (non-hydrogen) atoms. The number of amides is 1. The van der Waals surface area contributed by atoms with Gasteiger partial charge in [-0.05, 0) is 6.92 Å². The minimum Gasteiger partial charge on any atom is -0.352 e. The van der Waals surface area contributed by atoms with Gasteiger partial charge in [-0.25, -0.2) is 0 Å². The van der Waals surface area contributed by atoms with Crippen molar-refractivity contribution in [2.45, 2.75) is 19.4 Å². The Kier molecular flexibility index (Phi) is 5.05. The van der Waals surface area contributed by atoms with Crippen molar-refractivity contribution in [3.05, 3.63) is 0 Å². The number of terminal acetylenes is 1. The molecule has 0 aliphatic rings. The van der Waals surface area contributed by atoms with Gasteiger partial charge in [-0.1, -0.05) is 15.9 Å². The largest absolute Gasteiger partial charge is 0.352 e. The number of carbonyl (C=O) groups excluding carboxylic acids is 1. The fourth-order valence-electron chi connectivity index (χ4n) is 0.541. The van der Waals surface area contributed by atoms with Gasteiger partial charge < -0.3 is 5.32 Å². The molecule has 0 saturated carbocycles. The van der Waals surface area contributed by atoms with Crippen LogP contribution in [-0.4, -0.2) is 17.3 Å². The van der Waals surface area contributed by atoms with Gasteiger partial charge in [0.15, 0.2) is 0 Å². The molecule has 0 fully saturated rings. The molecular formula is C7H10BrNO. The predicted molar refractivity (Wildman–Crippen MR) is 44.8 cm³/mol. The Balaban J connectivity index is 3.49. The second-order valence-corrected chi connectivity index (χ2v) is 2.57. The molecule has 1 amide bonds. The Morgan fingerprint density at radius 2 is 2.50 bits per heavy atom. The van der Waals surface area contributed by atoms with Crippen molar-refractivity contribution in [3.63, 3.8) is 0 Å². The first kappa shape index (κ1) is 9.51. The van der Waals surface area contributed by atoms with Crippen molar-refractivity contribution < 1.29 is 4.79 Å². The standard InChI is InChI=1S/C7H10BrNO/c1-3-4-6(2)9-7(10)5-8/h1,6H,4-5H2,2H3,(H,9,10). The van der Waals surface area contributed by atoms with E-state index in [-0.39, 0.29) is 11.9 Å². The molecule has 0 saturated heterocycles. The molecule has 3 heteroatoms. The molecule has 1 unspecified atom stereocenters. The monoisotopic (exact) mass is 203 g/mol.